The minimum Gasteiger partial charge on any atom is -0.255 e. The molecule has 4 nitrogen and oxygen atoms in total. The first-order valence-corrected chi connectivity index (χ1v) is 8.88. The van der Waals surface area contributed by atoms with Crippen LogP contribution in [0.25, 0.3) is 10.2 Å². The van der Waals surface area contributed by atoms with Crippen molar-refractivity contribution in [3.05, 3.63) is 52.8 Å². The van der Waals surface area contributed by atoms with Crippen LogP contribution in [-0.4, -0.2) is 13.4 Å². The van der Waals surface area contributed by atoms with E-state index in [4.69, 9.17) is 11.6 Å². The summed E-state index contributed by atoms with van der Waals surface area (Å²) >= 11 is 7.25. The molecule has 0 spiro atoms. The average molecular weight is 357 g/mol. The SMILES string of the molecule is Cc1ccc(Cl)c2sc(NS(=O)(=O)c3ccc(F)cc3)nc12. The number of nitrogens with zero attached hydrogens (tertiary/aromatic N) is 1. The fourth-order valence-electron chi connectivity index (χ4n) is 1.93. The van der Waals surface area contributed by atoms with Crippen LogP contribution in [-0.2, 0) is 10.0 Å². The second-order valence-electron chi connectivity index (χ2n) is 4.62. The first kappa shape index (κ1) is 15.2. The van der Waals surface area contributed by atoms with E-state index in [1.165, 1.54) is 12.1 Å². The first-order valence-electron chi connectivity index (χ1n) is 6.21. The topological polar surface area (TPSA) is 59.1 Å². The summed E-state index contributed by atoms with van der Waals surface area (Å²) < 4.78 is 40.5. The van der Waals surface area contributed by atoms with Crippen LogP contribution in [0.2, 0.25) is 5.02 Å². The van der Waals surface area contributed by atoms with Crippen molar-refractivity contribution in [1.29, 1.82) is 0 Å². The van der Waals surface area contributed by atoms with Gasteiger partial charge in [-0.2, -0.15) is 0 Å². The number of fused-ring (bicyclic) bond motifs is 1. The van der Waals surface area contributed by atoms with Crippen LogP contribution >= 0.6 is 22.9 Å². The lowest BCUT2D eigenvalue weighted by Crippen LogP contribution is -2.12. The number of halogens is 2. The third-order valence-corrected chi connectivity index (χ3v) is 5.96. The van der Waals surface area contributed by atoms with Crippen molar-refractivity contribution in [1.82, 2.24) is 4.98 Å². The largest absolute Gasteiger partial charge is 0.263 e. The quantitative estimate of drug-likeness (QED) is 0.765. The minimum atomic E-state index is -3.82. The summed E-state index contributed by atoms with van der Waals surface area (Å²) in [5, 5.41) is 0.737. The van der Waals surface area contributed by atoms with E-state index >= 15 is 0 Å². The zero-order valence-corrected chi connectivity index (χ0v) is 13.7. The highest BCUT2D eigenvalue weighted by Crippen LogP contribution is 2.34. The molecule has 22 heavy (non-hydrogen) atoms. The van der Waals surface area contributed by atoms with E-state index in [1.807, 2.05) is 13.0 Å². The summed E-state index contributed by atoms with van der Waals surface area (Å²) in [4.78, 5) is 4.24. The molecule has 0 aliphatic heterocycles. The van der Waals surface area contributed by atoms with Crippen molar-refractivity contribution < 1.29 is 12.8 Å². The number of thiazole rings is 1. The molecule has 0 unspecified atom stereocenters. The molecule has 1 N–H and O–H groups in total. The van der Waals surface area contributed by atoms with Crippen molar-refractivity contribution in [2.75, 3.05) is 4.72 Å². The van der Waals surface area contributed by atoms with Gasteiger partial charge in [-0.25, -0.2) is 17.8 Å². The Morgan fingerprint density at radius 3 is 2.50 bits per heavy atom. The summed E-state index contributed by atoms with van der Waals surface area (Å²) in [6, 6.07) is 8.15. The summed E-state index contributed by atoms with van der Waals surface area (Å²) in [6.45, 7) is 1.87. The van der Waals surface area contributed by atoms with Gasteiger partial charge < -0.3 is 0 Å². The summed E-state index contributed by atoms with van der Waals surface area (Å²) in [5.41, 5.74) is 1.57. The lowest BCUT2D eigenvalue weighted by molar-refractivity contribution is 0.599. The van der Waals surface area contributed by atoms with E-state index in [-0.39, 0.29) is 10.0 Å². The molecular weight excluding hydrogens is 347 g/mol. The lowest BCUT2D eigenvalue weighted by atomic mass is 10.2. The van der Waals surface area contributed by atoms with Crippen molar-refractivity contribution in [3.8, 4) is 0 Å². The number of nitrogens with one attached hydrogen (secondary N) is 1. The molecule has 1 heterocycles. The van der Waals surface area contributed by atoms with Crippen molar-refractivity contribution in [3.63, 3.8) is 0 Å². The second kappa shape index (κ2) is 5.49. The van der Waals surface area contributed by atoms with Crippen LogP contribution in [0.1, 0.15) is 5.56 Å². The molecule has 0 bridgehead atoms. The number of anilines is 1. The van der Waals surface area contributed by atoms with Gasteiger partial charge in [0.2, 0.25) is 0 Å². The van der Waals surface area contributed by atoms with E-state index in [2.05, 4.69) is 9.71 Å². The molecule has 0 amide bonds. The number of benzene rings is 2. The van der Waals surface area contributed by atoms with Crippen LogP contribution < -0.4 is 4.72 Å². The highest BCUT2D eigenvalue weighted by molar-refractivity contribution is 7.93. The third kappa shape index (κ3) is 2.79. The van der Waals surface area contributed by atoms with Gasteiger partial charge >= 0.3 is 0 Å². The van der Waals surface area contributed by atoms with E-state index in [1.54, 1.807) is 6.07 Å². The molecular formula is C14H10ClFN2O2S2. The second-order valence-corrected chi connectivity index (χ2v) is 7.71. The Hall–Kier alpha value is -1.70. The normalized spacial score (nSPS) is 11.8. The molecule has 0 aliphatic carbocycles. The molecule has 2 aromatic carbocycles. The maximum Gasteiger partial charge on any atom is 0.263 e. The molecule has 114 valence electrons. The summed E-state index contributed by atoms with van der Waals surface area (Å²) in [6.07, 6.45) is 0. The molecule has 0 aliphatic rings. The lowest BCUT2D eigenvalue weighted by Gasteiger charge is -2.04. The maximum atomic E-state index is 12.9. The van der Waals surface area contributed by atoms with Crippen LogP contribution in [0.5, 0.6) is 0 Å². The van der Waals surface area contributed by atoms with Gasteiger partial charge in [-0.15, -0.1) is 0 Å². The van der Waals surface area contributed by atoms with E-state index in [0.717, 1.165) is 33.7 Å². The highest BCUT2D eigenvalue weighted by Gasteiger charge is 2.18. The zero-order chi connectivity index (χ0) is 15.9. The number of sulfonamides is 1. The predicted octanol–water partition coefficient (Wildman–Crippen LogP) is 4.20. The van der Waals surface area contributed by atoms with E-state index in [9.17, 15) is 12.8 Å². The fourth-order valence-corrected chi connectivity index (χ4v) is 4.38. The van der Waals surface area contributed by atoms with Gasteiger partial charge in [0.25, 0.3) is 10.0 Å². The Kier molecular flexibility index (Phi) is 3.80. The highest BCUT2D eigenvalue weighted by atomic mass is 35.5. The van der Waals surface area contributed by atoms with Gasteiger partial charge in [0.15, 0.2) is 5.13 Å². The van der Waals surface area contributed by atoms with E-state index < -0.39 is 15.8 Å². The number of hydrogen-bond acceptors (Lipinski definition) is 4. The monoisotopic (exact) mass is 356 g/mol. The molecule has 1 aromatic heterocycles. The van der Waals surface area contributed by atoms with Crippen molar-refractivity contribution in [2.24, 2.45) is 0 Å². The number of rotatable bonds is 3. The predicted molar refractivity (Wildman–Crippen MR) is 86.6 cm³/mol. The molecule has 0 fully saturated rings. The van der Waals surface area contributed by atoms with Crippen LogP contribution in [0.4, 0.5) is 9.52 Å². The molecule has 0 atom stereocenters. The Bertz CT molecular complexity index is 914. The van der Waals surface area contributed by atoms with Gasteiger partial charge in [0.1, 0.15) is 5.82 Å². The van der Waals surface area contributed by atoms with Crippen molar-refractivity contribution >= 4 is 48.3 Å². The Labute approximate surface area is 135 Å². The number of aryl methyl sites for hydroxylation is 1. The minimum absolute atomic E-state index is 0.0315. The maximum absolute atomic E-state index is 12.9. The molecule has 3 aromatic rings. The Morgan fingerprint density at radius 1 is 1.18 bits per heavy atom. The van der Waals surface area contributed by atoms with Gasteiger partial charge in [0, 0.05) is 0 Å². The molecule has 0 saturated heterocycles. The van der Waals surface area contributed by atoms with Crippen LogP contribution in [0, 0.1) is 12.7 Å². The van der Waals surface area contributed by atoms with Gasteiger partial charge in [-0.05, 0) is 42.8 Å². The van der Waals surface area contributed by atoms with Gasteiger partial charge in [-0.1, -0.05) is 29.0 Å². The number of aromatic nitrogens is 1. The van der Waals surface area contributed by atoms with E-state index in [0.29, 0.717) is 10.5 Å². The van der Waals surface area contributed by atoms with Crippen LogP contribution in [0.15, 0.2) is 41.3 Å². The fraction of sp³-hybridized carbons (Fsp3) is 0.0714. The zero-order valence-electron chi connectivity index (χ0n) is 11.3. The first-order chi connectivity index (χ1) is 10.4. The summed E-state index contributed by atoms with van der Waals surface area (Å²) in [7, 11) is -3.82. The molecule has 0 radical (unpaired) electrons. The van der Waals surface area contributed by atoms with Crippen LogP contribution in [0.3, 0.4) is 0 Å². The molecule has 3 rings (SSSR count). The third-order valence-electron chi connectivity index (χ3n) is 3.04. The molecule has 0 saturated carbocycles. The smallest absolute Gasteiger partial charge is 0.255 e. The molecule has 8 heteroatoms. The Morgan fingerprint density at radius 2 is 1.86 bits per heavy atom. The van der Waals surface area contributed by atoms with Gasteiger partial charge in [-0.3, -0.25) is 4.72 Å². The summed E-state index contributed by atoms with van der Waals surface area (Å²) in [5.74, 6) is -0.499. The number of hydrogen-bond donors (Lipinski definition) is 1. The van der Waals surface area contributed by atoms with Crippen molar-refractivity contribution in [2.45, 2.75) is 11.8 Å². The average Bonchev–Trinajstić information content (AvgIpc) is 2.88. The Balaban J connectivity index is 2.00. The van der Waals surface area contributed by atoms with Gasteiger partial charge in [0.05, 0.1) is 20.1 Å². The standard InChI is InChI=1S/C14H10ClFN2O2S2/c1-8-2-7-11(15)13-12(8)17-14(21-13)18-22(19,20)10-5-3-9(16)4-6-10/h2-7H,1H3,(H,17,18).